The minimum atomic E-state index is -3.49. The zero-order chi connectivity index (χ0) is 12.9. The summed E-state index contributed by atoms with van der Waals surface area (Å²) in [4.78, 5) is 13.4. The summed E-state index contributed by atoms with van der Waals surface area (Å²) in [6.07, 6.45) is 4.79. The highest BCUT2D eigenvalue weighted by atomic mass is 35.7. The van der Waals surface area contributed by atoms with Crippen LogP contribution in [-0.2, 0) is 13.8 Å². The van der Waals surface area contributed by atoms with Crippen molar-refractivity contribution in [2.75, 3.05) is 18.8 Å². The van der Waals surface area contributed by atoms with Gasteiger partial charge in [-0.05, 0) is 6.42 Å². The molecule has 0 aliphatic carbocycles. The number of amides is 1. The number of carbonyl (C=O) groups is 1. The Morgan fingerprint density at radius 2 is 2.06 bits per heavy atom. The van der Waals surface area contributed by atoms with Gasteiger partial charge in [0.05, 0.1) is 5.75 Å². The van der Waals surface area contributed by atoms with Crippen LogP contribution in [0.5, 0.6) is 0 Å². The van der Waals surface area contributed by atoms with Gasteiger partial charge in [-0.2, -0.15) is 0 Å². The maximum atomic E-state index is 11.6. The van der Waals surface area contributed by atoms with Crippen molar-refractivity contribution in [1.29, 1.82) is 0 Å². The summed E-state index contributed by atoms with van der Waals surface area (Å²) in [7, 11) is 1.71. The maximum Gasteiger partial charge on any atom is 0.232 e. The first-order valence-electron chi connectivity index (χ1n) is 6.12. The first-order valence-corrected chi connectivity index (χ1v) is 8.60. The van der Waals surface area contributed by atoms with Crippen LogP contribution in [0.15, 0.2) is 0 Å². The molecule has 0 radical (unpaired) electrons. The fourth-order valence-corrected chi connectivity index (χ4v) is 3.51. The number of likely N-dealkylation sites (tertiary alicyclic amines) is 1. The molecule has 1 unspecified atom stereocenters. The first-order chi connectivity index (χ1) is 7.92. The Kier molecular flexibility index (Phi) is 5.73. The largest absolute Gasteiger partial charge is 0.342 e. The van der Waals surface area contributed by atoms with E-state index in [9.17, 15) is 13.2 Å². The summed E-state index contributed by atoms with van der Waals surface area (Å²) in [6.45, 7) is 3.43. The van der Waals surface area contributed by atoms with Crippen molar-refractivity contribution in [3.8, 4) is 0 Å². The van der Waals surface area contributed by atoms with E-state index >= 15 is 0 Å². The topological polar surface area (TPSA) is 54.5 Å². The van der Waals surface area contributed by atoms with Crippen LogP contribution in [0.2, 0.25) is 0 Å². The lowest BCUT2D eigenvalue weighted by Crippen LogP contribution is -2.27. The third-order valence-corrected chi connectivity index (χ3v) is 4.26. The Hall–Kier alpha value is -0.290. The zero-order valence-corrected chi connectivity index (χ0v) is 11.8. The van der Waals surface area contributed by atoms with Crippen molar-refractivity contribution in [3.63, 3.8) is 0 Å². The summed E-state index contributed by atoms with van der Waals surface area (Å²) in [5, 5.41) is 0. The molecule has 4 nitrogen and oxygen atoms in total. The lowest BCUT2D eigenvalue weighted by Gasteiger charge is -2.16. The zero-order valence-electron chi connectivity index (χ0n) is 10.2. The smallest absolute Gasteiger partial charge is 0.232 e. The molecule has 0 aromatic carbocycles. The average Bonchev–Trinajstić information content (AvgIpc) is 2.51. The fourth-order valence-electron chi connectivity index (χ4n) is 2.19. The van der Waals surface area contributed by atoms with Gasteiger partial charge >= 0.3 is 0 Å². The molecule has 1 atom stereocenters. The Morgan fingerprint density at radius 3 is 2.65 bits per heavy atom. The van der Waals surface area contributed by atoms with Crippen LogP contribution in [0.4, 0.5) is 0 Å². The standard InChI is InChI=1S/C11H20ClNO3S/c1-2-3-4-5-6-13-8-10(7-11(13)14)9-17(12,15)16/h10H,2-9H2,1H3. The molecule has 0 aromatic heterocycles. The molecule has 0 saturated carbocycles. The van der Waals surface area contributed by atoms with E-state index in [1.54, 1.807) is 4.90 Å². The number of nitrogens with zero attached hydrogens (tertiary/aromatic N) is 1. The van der Waals surface area contributed by atoms with Gasteiger partial charge in [-0.1, -0.05) is 26.2 Å². The SMILES string of the molecule is CCCCCCN1CC(CS(=O)(=O)Cl)CC1=O. The monoisotopic (exact) mass is 281 g/mol. The van der Waals surface area contributed by atoms with Crippen LogP contribution in [0, 0.1) is 5.92 Å². The van der Waals surface area contributed by atoms with Crippen molar-refractivity contribution in [3.05, 3.63) is 0 Å². The van der Waals surface area contributed by atoms with E-state index in [2.05, 4.69) is 6.92 Å². The van der Waals surface area contributed by atoms with Crippen LogP contribution in [0.1, 0.15) is 39.0 Å². The van der Waals surface area contributed by atoms with E-state index in [1.807, 2.05) is 0 Å². The highest BCUT2D eigenvalue weighted by molar-refractivity contribution is 8.13. The summed E-state index contributed by atoms with van der Waals surface area (Å²) in [5.41, 5.74) is 0. The van der Waals surface area contributed by atoms with Gasteiger partial charge in [0, 0.05) is 36.1 Å². The Morgan fingerprint density at radius 1 is 1.35 bits per heavy atom. The van der Waals surface area contributed by atoms with E-state index in [0.29, 0.717) is 13.0 Å². The molecule has 1 saturated heterocycles. The second-order valence-electron chi connectivity index (χ2n) is 4.68. The van der Waals surface area contributed by atoms with Crippen molar-refractivity contribution in [1.82, 2.24) is 4.90 Å². The minimum Gasteiger partial charge on any atom is -0.342 e. The molecule has 1 rings (SSSR count). The number of unbranched alkanes of at least 4 members (excludes halogenated alkanes) is 3. The molecule has 0 N–H and O–H groups in total. The molecule has 100 valence electrons. The van der Waals surface area contributed by atoms with Crippen molar-refractivity contribution >= 4 is 25.6 Å². The Bertz CT molecular complexity index is 356. The average molecular weight is 282 g/mol. The molecule has 1 heterocycles. The van der Waals surface area contributed by atoms with E-state index < -0.39 is 9.05 Å². The number of carbonyl (C=O) groups excluding carboxylic acids is 1. The van der Waals surface area contributed by atoms with Gasteiger partial charge in [-0.25, -0.2) is 8.42 Å². The number of hydrogen-bond donors (Lipinski definition) is 0. The normalized spacial score (nSPS) is 21.2. The lowest BCUT2D eigenvalue weighted by atomic mass is 10.1. The molecule has 0 bridgehead atoms. The van der Waals surface area contributed by atoms with Crippen molar-refractivity contribution in [2.45, 2.75) is 39.0 Å². The van der Waals surface area contributed by atoms with Gasteiger partial charge in [0.15, 0.2) is 0 Å². The molecular formula is C11H20ClNO3S. The number of hydrogen-bond acceptors (Lipinski definition) is 3. The molecule has 0 spiro atoms. The highest BCUT2D eigenvalue weighted by Gasteiger charge is 2.31. The van der Waals surface area contributed by atoms with Gasteiger partial charge in [0.25, 0.3) is 0 Å². The quantitative estimate of drug-likeness (QED) is 0.530. The van der Waals surface area contributed by atoms with Gasteiger partial charge in [-0.15, -0.1) is 0 Å². The van der Waals surface area contributed by atoms with E-state index in [-0.39, 0.29) is 17.6 Å². The second-order valence-corrected chi connectivity index (χ2v) is 7.50. The number of halogens is 1. The molecule has 1 aliphatic rings. The third kappa shape index (κ3) is 5.73. The van der Waals surface area contributed by atoms with Crippen LogP contribution in [-0.4, -0.2) is 38.1 Å². The van der Waals surface area contributed by atoms with Crippen LogP contribution in [0.3, 0.4) is 0 Å². The van der Waals surface area contributed by atoms with Crippen molar-refractivity contribution in [2.24, 2.45) is 5.92 Å². The van der Waals surface area contributed by atoms with E-state index in [1.165, 1.54) is 12.8 Å². The summed E-state index contributed by atoms with van der Waals surface area (Å²) >= 11 is 0. The summed E-state index contributed by atoms with van der Waals surface area (Å²) < 4.78 is 21.9. The summed E-state index contributed by atoms with van der Waals surface area (Å²) in [6, 6.07) is 0. The predicted octanol–water partition coefficient (Wildman–Crippen LogP) is 1.98. The van der Waals surface area contributed by atoms with E-state index in [4.69, 9.17) is 10.7 Å². The van der Waals surface area contributed by atoms with Gasteiger partial charge < -0.3 is 4.90 Å². The molecule has 1 amide bonds. The molecule has 0 aromatic rings. The second kappa shape index (κ2) is 6.59. The Balaban J connectivity index is 2.32. The van der Waals surface area contributed by atoms with Gasteiger partial charge in [0.1, 0.15) is 0 Å². The molecule has 6 heteroatoms. The fraction of sp³-hybridized carbons (Fsp3) is 0.909. The van der Waals surface area contributed by atoms with Crippen LogP contribution in [0.25, 0.3) is 0 Å². The molecule has 1 aliphatic heterocycles. The summed E-state index contributed by atoms with van der Waals surface area (Å²) in [5.74, 6) is -0.158. The number of rotatable bonds is 7. The highest BCUT2D eigenvalue weighted by Crippen LogP contribution is 2.21. The minimum absolute atomic E-state index is 0.0619. The molecule has 17 heavy (non-hydrogen) atoms. The Labute approximate surface area is 108 Å². The van der Waals surface area contributed by atoms with Gasteiger partial charge in [-0.3, -0.25) is 4.79 Å². The lowest BCUT2D eigenvalue weighted by molar-refractivity contribution is -0.127. The molecule has 1 fully saturated rings. The maximum absolute atomic E-state index is 11.6. The molecular weight excluding hydrogens is 262 g/mol. The van der Waals surface area contributed by atoms with Crippen LogP contribution < -0.4 is 0 Å². The predicted molar refractivity (Wildman–Crippen MR) is 68.5 cm³/mol. The van der Waals surface area contributed by atoms with E-state index in [0.717, 1.165) is 19.4 Å². The van der Waals surface area contributed by atoms with Gasteiger partial charge in [0.2, 0.25) is 15.0 Å². The van der Waals surface area contributed by atoms with Crippen molar-refractivity contribution < 1.29 is 13.2 Å². The first kappa shape index (κ1) is 14.8. The third-order valence-electron chi connectivity index (χ3n) is 3.01. The van der Waals surface area contributed by atoms with Crippen LogP contribution >= 0.6 is 10.7 Å².